The molecular formula is C8H8N2O5. The highest BCUT2D eigenvalue weighted by Gasteiger charge is 2.31. The zero-order valence-electron chi connectivity index (χ0n) is 7.62. The van der Waals surface area contributed by atoms with Gasteiger partial charge in [-0.2, -0.15) is 0 Å². The molecular weight excluding hydrogens is 204 g/mol. The number of carbonyl (C=O) groups is 1. The van der Waals surface area contributed by atoms with Gasteiger partial charge < -0.3 is 14.4 Å². The van der Waals surface area contributed by atoms with Crippen LogP contribution in [0.25, 0.3) is 0 Å². The van der Waals surface area contributed by atoms with Gasteiger partial charge >= 0.3 is 5.88 Å². The molecule has 2 rings (SSSR count). The second-order valence-corrected chi connectivity index (χ2v) is 3.26. The van der Waals surface area contributed by atoms with Crippen molar-refractivity contribution in [2.45, 2.75) is 6.10 Å². The molecule has 0 atom stereocenters. The standard InChI is InChI=1S/C8H8N2O5/c11-5-3-9(4-5)8(12)6-1-2-7(15-6)10(13)14/h1-2,5,11H,3-4H2. The van der Waals surface area contributed by atoms with E-state index in [0.29, 0.717) is 0 Å². The average Bonchev–Trinajstić information content (AvgIpc) is 2.60. The molecule has 1 aliphatic heterocycles. The Balaban J connectivity index is 2.09. The summed E-state index contributed by atoms with van der Waals surface area (Å²) in [5.74, 6) is -0.971. The van der Waals surface area contributed by atoms with E-state index >= 15 is 0 Å². The Labute approximate surface area is 84.0 Å². The molecule has 7 nitrogen and oxygen atoms in total. The molecule has 0 radical (unpaired) electrons. The molecule has 0 aromatic carbocycles. The first-order chi connectivity index (χ1) is 7.08. The van der Waals surface area contributed by atoms with Crippen LogP contribution in [0, 0.1) is 10.1 Å². The fourth-order valence-electron chi connectivity index (χ4n) is 1.32. The second kappa shape index (κ2) is 3.35. The van der Waals surface area contributed by atoms with Crippen molar-refractivity contribution in [2.24, 2.45) is 0 Å². The molecule has 7 heteroatoms. The van der Waals surface area contributed by atoms with E-state index in [1.54, 1.807) is 0 Å². The van der Waals surface area contributed by atoms with Crippen LogP contribution >= 0.6 is 0 Å². The minimum Gasteiger partial charge on any atom is -0.395 e. The number of hydrogen-bond donors (Lipinski definition) is 1. The van der Waals surface area contributed by atoms with Crippen molar-refractivity contribution in [1.29, 1.82) is 0 Å². The maximum absolute atomic E-state index is 11.5. The van der Waals surface area contributed by atoms with Crippen molar-refractivity contribution in [3.8, 4) is 0 Å². The Morgan fingerprint density at radius 1 is 1.60 bits per heavy atom. The Kier molecular flexibility index (Phi) is 2.16. The molecule has 0 unspecified atom stereocenters. The predicted octanol–water partition coefficient (Wildman–Crippen LogP) is 0.00450. The number of hydrogen-bond acceptors (Lipinski definition) is 5. The fourth-order valence-corrected chi connectivity index (χ4v) is 1.32. The van der Waals surface area contributed by atoms with Gasteiger partial charge in [0.15, 0.2) is 5.76 Å². The van der Waals surface area contributed by atoms with Crippen molar-refractivity contribution in [2.75, 3.05) is 13.1 Å². The van der Waals surface area contributed by atoms with Gasteiger partial charge in [-0.1, -0.05) is 0 Å². The van der Waals surface area contributed by atoms with Crippen LogP contribution in [-0.2, 0) is 0 Å². The van der Waals surface area contributed by atoms with E-state index in [0.717, 1.165) is 6.07 Å². The molecule has 0 bridgehead atoms. The van der Waals surface area contributed by atoms with E-state index in [1.807, 2.05) is 0 Å². The zero-order chi connectivity index (χ0) is 11.0. The Bertz CT molecular complexity index is 407. The summed E-state index contributed by atoms with van der Waals surface area (Å²) >= 11 is 0. The molecule has 80 valence electrons. The molecule has 1 aromatic heterocycles. The molecule has 0 saturated carbocycles. The summed E-state index contributed by atoms with van der Waals surface area (Å²) in [6, 6.07) is 2.38. The Morgan fingerprint density at radius 3 is 2.73 bits per heavy atom. The first kappa shape index (κ1) is 9.66. The van der Waals surface area contributed by atoms with Gasteiger partial charge in [-0.25, -0.2) is 0 Å². The topological polar surface area (TPSA) is 96.8 Å². The maximum atomic E-state index is 11.5. The van der Waals surface area contributed by atoms with E-state index in [4.69, 9.17) is 9.52 Å². The minimum atomic E-state index is -0.707. The Morgan fingerprint density at radius 2 is 2.27 bits per heavy atom. The Hall–Kier alpha value is -1.89. The highest BCUT2D eigenvalue weighted by molar-refractivity contribution is 5.92. The number of β-amino-alcohol motifs (C(OH)–C–C–N with tert-alkyl or cyclic N) is 1. The molecule has 1 aliphatic rings. The van der Waals surface area contributed by atoms with Gasteiger partial charge in [0.2, 0.25) is 0 Å². The molecule has 15 heavy (non-hydrogen) atoms. The molecule has 1 saturated heterocycles. The van der Waals surface area contributed by atoms with E-state index in [9.17, 15) is 14.9 Å². The summed E-state index contributed by atoms with van der Waals surface area (Å²) < 4.78 is 4.73. The van der Waals surface area contributed by atoms with Gasteiger partial charge in [-0.3, -0.25) is 14.9 Å². The van der Waals surface area contributed by atoms with Crippen LogP contribution in [0.3, 0.4) is 0 Å². The van der Waals surface area contributed by atoms with Crippen LogP contribution in [0.2, 0.25) is 0 Å². The van der Waals surface area contributed by atoms with Gasteiger partial charge in [0, 0.05) is 13.1 Å². The van der Waals surface area contributed by atoms with Gasteiger partial charge in [0.1, 0.15) is 4.92 Å². The van der Waals surface area contributed by atoms with E-state index < -0.39 is 22.8 Å². The summed E-state index contributed by atoms with van der Waals surface area (Å²) in [4.78, 5) is 22.4. The summed E-state index contributed by atoms with van der Waals surface area (Å²) in [5, 5.41) is 19.3. The lowest BCUT2D eigenvalue weighted by atomic mass is 10.1. The number of aliphatic hydroxyl groups is 1. The predicted molar refractivity (Wildman–Crippen MR) is 47.3 cm³/mol. The molecule has 2 heterocycles. The van der Waals surface area contributed by atoms with Crippen molar-refractivity contribution < 1.29 is 19.2 Å². The number of rotatable bonds is 2. The highest BCUT2D eigenvalue weighted by Crippen LogP contribution is 2.19. The van der Waals surface area contributed by atoms with E-state index in [1.165, 1.54) is 11.0 Å². The lowest BCUT2D eigenvalue weighted by molar-refractivity contribution is -0.402. The number of carbonyl (C=O) groups excluding carboxylic acids is 1. The number of furan rings is 1. The maximum Gasteiger partial charge on any atom is 0.433 e. The molecule has 1 aromatic rings. The van der Waals surface area contributed by atoms with E-state index in [2.05, 4.69) is 0 Å². The smallest absolute Gasteiger partial charge is 0.395 e. The first-order valence-electron chi connectivity index (χ1n) is 4.29. The quantitative estimate of drug-likeness (QED) is 0.549. The van der Waals surface area contributed by atoms with Crippen LogP contribution in [-0.4, -0.2) is 40.0 Å². The third kappa shape index (κ3) is 1.68. The molecule has 1 N–H and O–H groups in total. The molecule has 1 fully saturated rings. The molecule has 1 amide bonds. The van der Waals surface area contributed by atoms with Gasteiger partial charge in [0.25, 0.3) is 5.91 Å². The van der Waals surface area contributed by atoms with Crippen molar-refractivity contribution in [1.82, 2.24) is 4.90 Å². The van der Waals surface area contributed by atoms with Gasteiger partial charge in [-0.05, 0) is 6.07 Å². The number of aliphatic hydroxyl groups excluding tert-OH is 1. The third-order valence-corrected chi connectivity index (χ3v) is 2.13. The molecule has 0 spiro atoms. The number of amides is 1. The summed E-state index contributed by atoms with van der Waals surface area (Å²) in [5.41, 5.74) is 0. The third-order valence-electron chi connectivity index (χ3n) is 2.13. The van der Waals surface area contributed by atoms with E-state index in [-0.39, 0.29) is 18.8 Å². The lowest BCUT2D eigenvalue weighted by Crippen LogP contribution is -2.53. The normalized spacial score (nSPS) is 16.2. The fraction of sp³-hybridized carbons (Fsp3) is 0.375. The summed E-state index contributed by atoms with van der Waals surface area (Å²) in [6.07, 6.45) is -0.501. The van der Waals surface area contributed by atoms with Crippen LogP contribution in [0.1, 0.15) is 10.6 Å². The van der Waals surface area contributed by atoms with Gasteiger partial charge in [0.05, 0.1) is 12.2 Å². The van der Waals surface area contributed by atoms with Crippen LogP contribution < -0.4 is 0 Å². The van der Waals surface area contributed by atoms with Crippen LogP contribution in [0.4, 0.5) is 5.88 Å². The number of nitrogens with zero attached hydrogens (tertiary/aromatic N) is 2. The summed E-state index contributed by atoms with van der Waals surface area (Å²) in [6.45, 7) is 0.487. The second-order valence-electron chi connectivity index (χ2n) is 3.26. The number of likely N-dealkylation sites (tertiary alicyclic amines) is 1. The highest BCUT2D eigenvalue weighted by atomic mass is 16.6. The largest absolute Gasteiger partial charge is 0.433 e. The number of nitro groups is 1. The van der Waals surface area contributed by atoms with Crippen molar-refractivity contribution in [3.05, 3.63) is 28.0 Å². The molecule has 0 aliphatic carbocycles. The lowest BCUT2D eigenvalue weighted by Gasteiger charge is -2.34. The monoisotopic (exact) mass is 212 g/mol. The van der Waals surface area contributed by atoms with Crippen molar-refractivity contribution in [3.63, 3.8) is 0 Å². The summed E-state index contributed by atoms with van der Waals surface area (Å²) in [7, 11) is 0. The van der Waals surface area contributed by atoms with Crippen LogP contribution in [0.15, 0.2) is 16.5 Å². The van der Waals surface area contributed by atoms with Crippen LogP contribution in [0.5, 0.6) is 0 Å². The average molecular weight is 212 g/mol. The minimum absolute atomic E-state index is 0.0754. The zero-order valence-corrected chi connectivity index (χ0v) is 7.62. The van der Waals surface area contributed by atoms with Crippen molar-refractivity contribution >= 4 is 11.8 Å². The first-order valence-corrected chi connectivity index (χ1v) is 4.29. The van der Waals surface area contributed by atoms with Gasteiger partial charge in [-0.15, -0.1) is 0 Å². The SMILES string of the molecule is O=C(c1ccc([N+](=O)[O-])o1)N1CC(O)C1.